The second-order valence-electron chi connectivity index (χ2n) is 8.60. The van der Waals surface area contributed by atoms with E-state index < -0.39 is 17.5 Å². The van der Waals surface area contributed by atoms with Crippen molar-refractivity contribution in [2.45, 2.75) is 71.6 Å². The summed E-state index contributed by atoms with van der Waals surface area (Å²) >= 11 is 0. The van der Waals surface area contributed by atoms with Gasteiger partial charge >= 0.3 is 9.28 Å². The van der Waals surface area contributed by atoms with Crippen LogP contribution in [-0.4, -0.2) is 72.9 Å². The summed E-state index contributed by atoms with van der Waals surface area (Å²) in [6, 6.07) is 1.13. The Labute approximate surface area is 153 Å². The Hall–Kier alpha value is 0.274. The van der Waals surface area contributed by atoms with Crippen LogP contribution in [0.15, 0.2) is 0 Å². The van der Waals surface area contributed by atoms with E-state index in [1.165, 1.54) is 26.2 Å². The minimum Gasteiger partial charge on any atom is -0.397 e. The van der Waals surface area contributed by atoms with Gasteiger partial charge in [0.05, 0.1) is 0 Å². The highest BCUT2D eigenvalue weighted by molar-refractivity contribution is 6.77. The predicted octanol–water partition coefficient (Wildman–Crippen LogP) is 3.68. The average molecular weight is 375 g/mol. The average Bonchev–Trinajstić information content (AvgIpc) is 2.53. The number of rotatable bonds is 10. The van der Waals surface area contributed by atoms with Crippen LogP contribution < -0.4 is 0 Å². The van der Waals surface area contributed by atoms with Gasteiger partial charge in [-0.3, -0.25) is 0 Å². The first kappa shape index (κ1) is 22.3. The normalized spacial score (nSPS) is 18.5. The van der Waals surface area contributed by atoms with Crippen molar-refractivity contribution in [2.75, 3.05) is 45.9 Å². The molecule has 0 aromatic carbocycles. The first-order valence-corrected chi connectivity index (χ1v) is 14.6. The van der Waals surface area contributed by atoms with Crippen LogP contribution in [0.25, 0.3) is 0 Å². The highest BCUT2D eigenvalue weighted by atomic mass is 28.3. The maximum absolute atomic E-state index is 5.99. The lowest BCUT2D eigenvalue weighted by molar-refractivity contribution is 0.168. The van der Waals surface area contributed by atoms with Gasteiger partial charge in [0.2, 0.25) is 0 Å². The third-order valence-corrected chi connectivity index (χ3v) is 13.3. The fourth-order valence-electron chi connectivity index (χ4n) is 3.01. The van der Waals surface area contributed by atoms with Gasteiger partial charge in [-0.25, -0.2) is 0 Å². The molecule has 1 fully saturated rings. The van der Waals surface area contributed by atoms with Crippen LogP contribution in [0.1, 0.15) is 47.5 Å². The van der Waals surface area contributed by atoms with E-state index >= 15 is 0 Å². The minimum atomic E-state index is -1.46. The molecule has 1 saturated heterocycles. The smallest absolute Gasteiger partial charge is 0.322 e. The summed E-state index contributed by atoms with van der Waals surface area (Å²) < 4.78 is 14.8. The monoisotopic (exact) mass is 374 g/mol. The third kappa shape index (κ3) is 6.88. The largest absolute Gasteiger partial charge is 0.397 e. The summed E-state index contributed by atoms with van der Waals surface area (Å²) in [5.41, 5.74) is 0. The van der Waals surface area contributed by atoms with Gasteiger partial charge in [0.15, 0.2) is 0 Å². The highest BCUT2D eigenvalue weighted by Crippen LogP contribution is 2.38. The Balaban J connectivity index is 2.39. The fraction of sp³-hybridized carbons (Fsp3) is 1.00. The molecule has 1 aliphatic heterocycles. The van der Waals surface area contributed by atoms with E-state index in [1.807, 2.05) is 0 Å². The summed E-state index contributed by atoms with van der Waals surface area (Å²) in [5, 5.41) is 0.440. The van der Waals surface area contributed by atoms with Crippen LogP contribution in [0.4, 0.5) is 0 Å². The Morgan fingerprint density at radius 1 is 0.917 bits per heavy atom. The van der Waals surface area contributed by atoms with Crippen molar-refractivity contribution >= 4 is 17.5 Å². The maximum atomic E-state index is 5.99. The van der Waals surface area contributed by atoms with E-state index in [0.717, 1.165) is 38.6 Å². The Morgan fingerprint density at radius 2 is 1.42 bits per heavy atom. The molecule has 0 aromatic rings. The van der Waals surface area contributed by atoms with Crippen LogP contribution in [0.3, 0.4) is 0 Å². The molecule has 0 radical (unpaired) electrons. The highest BCUT2D eigenvalue weighted by Gasteiger charge is 2.41. The van der Waals surface area contributed by atoms with E-state index in [9.17, 15) is 0 Å². The first-order valence-electron chi connectivity index (χ1n) is 9.93. The van der Waals surface area contributed by atoms with Gasteiger partial charge in [0, 0.05) is 45.4 Å². The molecule has 1 rings (SSSR count). The molecule has 0 spiro atoms. The summed E-state index contributed by atoms with van der Waals surface area (Å²) in [6.45, 7) is 24.4. The molecule has 4 nitrogen and oxygen atoms in total. The number of nitrogens with zero attached hydrogens (tertiary/aromatic N) is 2. The van der Waals surface area contributed by atoms with Crippen LogP contribution in [0.5, 0.6) is 0 Å². The molecule has 0 atom stereocenters. The summed E-state index contributed by atoms with van der Waals surface area (Å²) in [6.07, 6.45) is 2.17. The van der Waals surface area contributed by atoms with E-state index in [0.29, 0.717) is 5.04 Å². The quantitative estimate of drug-likeness (QED) is 0.545. The van der Waals surface area contributed by atoms with Gasteiger partial charge in [-0.05, 0) is 24.4 Å². The molecular formula is C18H42N2O2Si2. The van der Waals surface area contributed by atoms with Gasteiger partial charge in [-0.15, -0.1) is 0 Å². The zero-order valence-electron chi connectivity index (χ0n) is 17.4. The van der Waals surface area contributed by atoms with Crippen molar-refractivity contribution in [3.8, 4) is 0 Å². The lowest BCUT2D eigenvalue weighted by Gasteiger charge is -2.49. The van der Waals surface area contributed by atoms with Crippen molar-refractivity contribution in [3.63, 3.8) is 0 Å². The standard InChI is InChI=1S/C18H42N2O2Si2/c1-8-15-21-23(22-16-9-2)17-14-19-10-12-20(13-11-19)24(6,7)18(3,4)5/h23H,8-17H2,1-7H3. The first-order chi connectivity index (χ1) is 11.2. The molecular weight excluding hydrogens is 332 g/mol. The van der Waals surface area contributed by atoms with Crippen molar-refractivity contribution in [3.05, 3.63) is 0 Å². The minimum absolute atomic E-state index is 0.440. The van der Waals surface area contributed by atoms with E-state index in [2.05, 4.69) is 57.2 Å². The topological polar surface area (TPSA) is 24.9 Å². The van der Waals surface area contributed by atoms with Gasteiger partial charge in [0.1, 0.15) is 8.24 Å². The molecule has 6 heteroatoms. The van der Waals surface area contributed by atoms with Gasteiger partial charge in [-0.1, -0.05) is 47.7 Å². The van der Waals surface area contributed by atoms with Crippen molar-refractivity contribution in [1.82, 2.24) is 9.47 Å². The lowest BCUT2D eigenvalue weighted by atomic mass is 10.2. The van der Waals surface area contributed by atoms with Crippen LogP contribution >= 0.6 is 0 Å². The van der Waals surface area contributed by atoms with E-state index in [-0.39, 0.29) is 0 Å². The van der Waals surface area contributed by atoms with E-state index in [1.54, 1.807) is 0 Å². The SMILES string of the molecule is CCCO[SiH](CCN1CCN([Si](C)(C)C(C)(C)C)CC1)OCCC. The van der Waals surface area contributed by atoms with Crippen molar-refractivity contribution in [1.29, 1.82) is 0 Å². The van der Waals surface area contributed by atoms with Gasteiger partial charge in [-0.2, -0.15) is 0 Å². The van der Waals surface area contributed by atoms with Crippen LogP contribution in [0, 0.1) is 0 Å². The predicted molar refractivity (Wildman–Crippen MR) is 110 cm³/mol. The van der Waals surface area contributed by atoms with Gasteiger partial charge in [0.25, 0.3) is 0 Å². The molecule has 0 N–H and O–H groups in total. The second kappa shape index (κ2) is 10.4. The number of hydrogen-bond donors (Lipinski definition) is 0. The molecule has 24 heavy (non-hydrogen) atoms. The lowest BCUT2D eigenvalue weighted by Crippen LogP contribution is -2.61. The van der Waals surface area contributed by atoms with Crippen LogP contribution in [0.2, 0.25) is 24.2 Å². The second-order valence-corrected chi connectivity index (χ2v) is 16.0. The summed E-state index contributed by atoms with van der Waals surface area (Å²) in [7, 11) is -2.81. The number of hydrogen-bond acceptors (Lipinski definition) is 4. The molecule has 0 aromatic heterocycles. The molecule has 144 valence electrons. The Kier molecular flexibility index (Phi) is 9.70. The molecule has 1 aliphatic rings. The van der Waals surface area contributed by atoms with E-state index in [4.69, 9.17) is 8.85 Å². The summed E-state index contributed by atoms with van der Waals surface area (Å²) in [5.74, 6) is 0. The molecule has 0 unspecified atom stereocenters. The molecule has 0 saturated carbocycles. The summed E-state index contributed by atoms with van der Waals surface area (Å²) in [4.78, 5) is 2.62. The fourth-order valence-corrected chi connectivity index (χ4v) is 7.28. The maximum Gasteiger partial charge on any atom is 0.322 e. The third-order valence-electron chi connectivity index (χ3n) is 5.70. The Morgan fingerprint density at radius 3 is 1.83 bits per heavy atom. The molecule has 0 aliphatic carbocycles. The number of piperazine rings is 1. The van der Waals surface area contributed by atoms with Crippen molar-refractivity contribution < 1.29 is 8.85 Å². The Bertz CT molecular complexity index is 332. The molecule has 0 amide bonds. The van der Waals surface area contributed by atoms with Crippen LogP contribution in [-0.2, 0) is 8.85 Å². The zero-order chi connectivity index (χ0) is 18.2. The molecule has 0 bridgehead atoms. The molecule has 1 heterocycles. The zero-order valence-corrected chi connectivity index (χ0v) is 19.5. The van der Waals surface area contributed by atoms with Gasteiger partial charge < -0.3 is 18.3 Å². The van der Waals surface area contributed by atoms with Crippen molar-refractivity contribution in [2.24, 2.45) is 0 Å².